The Morgan fingerprint density at radius 2 is 1.86 bits per heavy atom. The van der Waals surface area contributed by atoms with E-state index in [9.17, 15) is 0 Å². The van der Waals surface area contributed by atoms with Gasteiger partial charge in [-0.15, -0.1) is 0 Å². The fourth-order valence-electron chi connectivity index (χ4n) is 2.13. The topological polar surface area (TPSA) is 47.6 Å². The number of rotatable bonds is 5. The van der Waals surface area contributed by atoms with Crippen LogP contribution in [0.3, 0.4) is 0 Å². The van der Waals surface area contributed by atoms with Crippen molar-refractivity contribution in [1.82, 2.24) is 0 Å². The zero-order chi connectivity index (χ0) is 15.2. The monoisotopic (exact) mass is 282 g/mol. The number of benzene rings is 2. The molecular weight excluding hydrogens is 260 g/mol. The molecule has 2 aromatic rings. The van der Waals surface area contributed by atoms with Crippen LogP contribution in [0, 0.1) is 6.92 Å². The van der Waals surface area contributed by atoms with E-state index in [2.05, 4.69) is 11.1 Å². The summed E-state index contributed by atoms with van der Waals surface area (Å²) in [5.74, 6) is 1.47. The van der Waals surface area contributed by atoms with Gasteiger partial charge in [-0.2, -0.15) is 0 Å². The van der Waals surface area contributed by atoms with Crippen molar-refractivity contribution < 1.29 is 4.74 Å². The molecule has 0 saturated heterocycles. The molecule has 0 unspecified atom stereocenters. The molecule has 3 nitrogen and oxygen atoms in total. The molecule has 0 atom stereocenters. The number of nitrogens with zero attached hydrogens (tertiary/aromatic N) is 1. The second-order valence-electron chi connectivity index (χ2n) is 5.36. The average molecular weight is 282 g/mol. The largest absolute Gasteiger partial charge is 0.489 e. The lowest BCUT2D eigenvalue weighted by molar-refractivity contribution is 0.306. The summed E-state index contributed by atoms with van der Waals surface area (Å²) in [6.07, 6.45) is 0. The van der Waals surface area contributed by atoms with Gasteiger partial charge in [0.1, 0.15) is 18.2 Å². The van der Waals surface area contributed by atoms with Gasteiger partial charge < -0.3 is 10.5 Å². The maximum Gasteiger partial charge on any atom is 0.126 e. The molecule has 0 amide bonds. The fourth-order valence-corrected chi connectivity index (χ4v) is 2.13. The van der Waals surface area contributed by atoms with Crippen molar-refractivity contribution in [2.24, 2.45) is 10.7 Å². The van der Waals surface area contributed by atoms with E-state index in [-0.39, 0.29) is 6.04 Å². The molecule has 110 valence electrons. The summed E-state index contributed by atoms with van der Waals surface area (Å²) >= 11 is 0. The van der Waals surface area contributed by atoms with Crippen molar-refractivity contribution >= 4 is 5.84 Å². The van der Waals surface area contributed by atoms with Crippen LogP contribution in [-0.4, -0.2) is 11.9 Å². The number of amidine groups is 1. The van der Waals surface area contributed by atoms with Crippen LogP contribution in [-0.2, 0) is 6.61 Å². The normalized spacial score (nSPS) is 11.7. The molecule has 0 aliphatic heterocycles. The van der Waals surface area contributed by atoms with Crippen molar-refractivity contribution in [2.75, 3.05) is 0 Å². The molecule has 2 rings (SSSR count). The molecule has 2 N–H and O–H groups in total. The Kier molecular flexibility index (Phi) is 4.99. The van der Waals surface area contributed by atoms with Gasteiger partial charge >= 0.3 is 0 Å². The molecule has 2 aromatic carbocycles. The van der Waals surface area contributed by atoms with Gasteiger partial charge in [0.05, 0.1) is 0 Å². The summed E-state index contributed by atoms with van der Waals surface area (Å²) in [6.45, 7) is 6.63. The molecular formula is C18H22N2O. The van der Waals surface area contributed by atoms with Gasteiger partial charge in [0, 0.05) is 11.6 Å². The number of para-hydroxylation sites is 1. The van der Waals surface area contributed by atoms with E-state index in [4.69, 9.17) is 10.5 Å². The van der Waals surface area contributed by atoms with Crippen LogP contribution in [0.4, 0.5) is 0 Å². The Morgan fingerprint density at radius 1 is 1.14 bits per heavy atom. The summed E-state index contributed by atoms with van der Waals surface area (Å²) in [5.41, 5.74) is 9.26. The maximum atomic E-state index is 6.03. The predicted molar refractivity (Wildman–Crippen MR) is 87.8 cm³/mol. The highest BCUT2D eigenvalue weighted by molar-refractivity contribution is 5.98. The van der Waals surface area contributed by atoms with Crippen molar-refractivity contribution in [3.8, 4) is 5.75 Å². The molecule has 3 heteroatoms. The Bertz CT molecular complexity index is 618. The second-order valence-corrected chi connectivity index (χ2v) is 5.36. The number of aryl methyl sites for hydroxylation is 1. The zero-order valence-electron chi connectivity index (χ0n) is 12.8. The Balaban J connectivity index is 2.09. The molecule has 0 spiro atoms. The minimum atomic E-state index is 0.200. The van der Waals surface area contributed by atoms with Crippen molar-refractivity contribution in [3.05, 3.63) is 65.2 Å². The van der Waals surface area contributed by atoms with Crippen LogP contribution >= 0.6 is 0 Å². The van der Waals surface area contributed by atoms with Crippen molar-refractivity contribution in [1.29, 1.82) is 0 Å². The lowest BCUT2D eigenvalue weighted by Gasteiger charge is -2.10. The van der Waals surface area contributed by atoms with Gasteiger partial charge in [0.15, 0.2) is 0 Å². The SMILES string of the molecule is Cc1cc(COc2ccccc2)ccc1C(N)=NC(C)C. The third-order valence-electron chi connectivity index (χ3n) is 3.11. The Hall–Kier alpha value is -2.29. The molecule has 0 aromatic heterocycles. The molecule has 21 heavy (non-hydrogen) atoms. The minimum Gasteiger partial charge on any atom is -0.489 e. The molecule has 0 heterocycles. The minimum absolute atomic E-state index is 0.200. The van der Waals surface area contributed by atoms with E-state index in [1.54, 1.807) is 0 Å². The van der Waals surface area contributed by atoms with E-state index >= 15 is 0 Å². The van der Waals surface area contributed by atoms with Gasteiger partial charge in [0.2, 0.25) is 0 Å². The molecule has 0 fully saturated rings. The van der Waals surface area contributed by atoms with Crippen LogP contribution in [0.15, 0.2) is 53.5 Å². The first-order valence-electron chi connectivity index (χ1n) is 7.17. The number of hydrogen-bond acceptors (Lipinski definition) is 2. The van der Waals surface area contributed by atoms with Crippen molar-refractivity contribution in [3.63, 3.8) is 0 Å². The zero-order valence-corrected chi connectivity index (χ0v) is 12.8. The van der Waals surface area contributed by atoms with E-state index in [1.165, 1.54) is 0 Å². The fraction of sp³-hybridized carbons (Fsp3) is 0.278. The van der Waals surface area contributed by atoms with Crippen LogP contribution in [0.5, 0.6) is 5.75 Å². The summed E-state index contributed by atoms with van der Waals surface area (Å²) < 4.78 is 5.75. The Morgan fingerprint density at radius 3 is 2.48 bits per heavy atom. The van der Waals surface area contributed by atoms with Gasteiger partial charge in [-0.3, -0.25) is 4.99 Å². The summed E-state index contributed by atoms with van der Waals surface area (Å²) in [6, 6.07) is 16.2. The van der Waals surface area contributed by atoms with Crippen LogP contribution < -0.4 is 10.5 Å². The van der Waals surface area contributed by atoms with Crippen LogP contribution in [0.25, 0.3) is 0 Å². The van der Waals surface area contributed by atoms with Gasteiger partial charge in [0.25, 0.3) is 0 Å². The van der Waals surface area contributed by atoms with E-state index in [1.807, 2.05) is 63.2 Å². The Labute approximate surface area is 126 Å². The quantitative estimate of drug-likeness (QED) is 0.671. The molecule has 0 radical (unpaired) electrons. The lowest BCUT2D eigenvalue weighted by Crippen LogP contribution is -2.17. The maximum absolute atomic E-state index is 6.03. The van der Waals surface area contributed by atoms with E-state index in [0.717, 1.165) is 22.4 Å². The molecule has 0 saturated carbocycles. The van der Waals surface area contributed by atoms with E-state index in [0.29, 0.717) is 12.4 Å². The average Bonchev–Trinajstić information content (AvgIpc) is 2.45. The number of hydrogen-bond donors (Lipinski definition) is 1. The first-order chi connectivity index (χ1) is 10.1. The highest BCUT2D eigenvalue weighted by Crippen LogP contribution is 2.15. The smallest absolute Gasteiger partial charge is 0.126 e. The number of nitrogens with two attached hydrogens (primary N) is 1. The summed E-state index contributed by atoms with van der Waals surface area (Å²) in [4.78, 5) is 4.39. The van der Waals surface area contributed by atoms with Gasteiger partial charge in [-0.1, -0.05) is 36.4 Å². The van der Waals surface area contributed by atoms with Crippen LogP contribution in [0.1, 0.15) is 30.5 Å². The number of ether oxygens (including phenoxy) is 1. The second kappa shape index (κ2) is 6.93. The predicted octanol–water partition coefficient (Wildman–Crippen LogP) is 3.69. The third-order valence-corrected chi connectivity index (χ3v) is 3.11. The van der Waals surface area contributed by atoms with Crippen molar-refractivity contribution in [2.45, 2.75) is 33.4 Å². The first-order valence-corrected chi connectivity index (χ1v) is 7.17. The van der Waals surface area contributed by atoms with Gasteiger partial charge in [-0.05, 0) is 44.0 Å². The lowest BCUT2D eigenvalue weighted by atomic mass is 10.0. The highest BCUT2D eigenvalue weighted by Gasteiger charge is 2.05. The van der Waals surface area contributed by atoms with Crippen LogP contribution in [0.2, 0.25) is 0 Å². The summed E-state index contributed by atoms with van der Waals surface area (Å²) in [5, 5.41) is 0. The third kappa shape index (κ3) is 4.35. The number of aliphatic imine (C=N–C) groups is 1. The standard InChI is InChI=1S/C18H22N2O/c1-13(2)20-18(19)17-10-9-15(11-14(17)3)12-21-16-7-5-4-6-8-16/h4-11,13H,12H2,1-3H3,(H2,19,20). The molecule has 0 aliphatic carbocycles. The highest BCUT2D eigenvalue weighted by atomic mass is 16.5. The summed E-state index contributed by atoms with van der Waals surface area (Å²) in [7, 11) is 0. The van der Waals surface area contributed by atoms with E-state index < -0.39 is 0 Å². The molecule has 0 bridgehead atoms. The van der Waals surface area contributed by atoms with Gasteiger partial charge in [-0.25, -0.2) is 0 Å². The molecule has 0 aliphatic rings. The first kappa shape index (κ1) is 15.1.